The minimum atomic E-state index is -0.316. The molecule has 2 aliphatic rings. The van der Waals surface area contributed by atoms with E-state index in [1.165, 1.54) is 5.56 Å². The molecule has 1 saturated heterocycles. The highest BCUT2D eigenvalue weighted by Gasteiger charge is 2.41. The molecule has 1 amide bonds. The number of fused-ring (bicyclic) bond motifs is 1. The smallest absolute Gasteiger partial charge is 0.219 e. The van der Waals surface area contributed by atoms with E-state index in [1.54, 1.807) is 19.1 Å². The molecule has 1 N–H and O–H groups in total. The molecule has 2 aromatic carbocycles. The number of benzene rings is 2. The fourth-order valence-corrected chi connectivity index (χ4v) is 4.07. The Balaban J connectivity index is 1.48. The average molecular weight is 366 g/mol. The monoisotopic (exact) mass is 366 g/mol. The molecule has 5 nitrogen and oxygen atoms in total. The lowest BCUT2D eigenvalue weighted by Crippen LogP contribution is -2.53. The highest BCUT2D eigenvalue weighted by atomic mass is 16.5. The summed E-state index contributed by atoms with van der Waals surface area (Å²) in [4.78, 5) is 16.5. The predicted octanol–water partition coefficient (Wildman–Crippen LogP) is 3.17. The lowest BCUT2D eigenvalue weighted by molar-refractivity contribution is -0.132. The number of phenolic OH excluding ortho intramolecular Hbond substituents is 1. The highest BCUT2D eigenvalue weighted by Crippen LogP contribution is 2.35. The quantitative estimate of drug-likeness (QED) is 0.887. The van der Waals surface area contributed by atoms with Crippen molar-refractivity contribution in [2.24, 2.45) is 0 Å². The Bertz CT molecular complexity index is 811. The summed E-state index contributed by atoms with van der Waals surface area (Å²) in [6.07, 6.45) is 1.78. The van der Waals surface area contributed by atoms with Crippen molar-refractivity contribution < 1.29 is 14.6 Å². The van der Waals surface area contributed by atoms with Gasteiger partial charge in [0.15, 0.2) is 0 Å². The molecule has 4 rings (SSSR count). The van der Waals surface area contributed by atoms with Gasteiger partial charge >= 0.3 is 0 Å². The Morgan fingerprint density at radius 3 is 2.52 bits per heavy atom. The third-order valence-corrected chi connectivity index (χ3v) is 5.69. The first-order chi connectivity index (χ1) is 13.0. The summed E-state index contributed by atoms with van der Waals surface area (Å²) in [5.41, 5.74) is 1.96. The van der Waals surface area contributed by atoms with Crippen molar-refractivity contribution in [1.29, 1.82) is 0 Å². The van der Waals surface area contributed by atoms with Gasteiger partial charge in [0.25, 0.3) is 0 Å². The second-order valence-electron chi connectivity index (χ2n) is 7.71. The number of rotatable bonds is 2. The number of likely N-dealkylation sites (tertiary alicyclic amines) is 1. The van der Waals surface area contributed by atoms with Crippen LogP contribution >= 0.6 is 0 Å². The largest absolute Gasteiger partial charge is 0.508 e. The number of ether oxygens (including phenoxy) is 1. The Labute approximate surface area is 160 Å². The van der Waals surface area contributed by atoms with Crippen molar-refractivity contribution in [2.45, 2.75) is 38.5 Å². The SMILES string of the molecule is CC(=O)N1Cc2ccccc2OC2(CCN(Cc3ccc(O)cc3)CC2)C1. The number of hydrogen-bond acceptors (Lipinski definition) is 4. The van der Waals surface area contributed by atoms with Gasteiger partial charge in [0.05, 0.1) is 6.54 Å². The van der Waals surface area contributed by atoms with E-state index >= 15 is 0 Å². The zero-order chi connectivity index (χ0) is 18.9. The molecule has 27 heavy (non-hydrogen) atoms. The second kappa shape index (κ2) is 7.24. The first-order valence-corrected chi connectivity index (χ1v) is 9.56. The van der Waals surface area contributed by atoms with Crippen LogP contribution in [0, 0.1) is 0 Å². The standard InChI is InChI=1S/C22H26N2O3/c1-17(25)24-15-19-4-2-3-5-21(19)27-22(16-24)10-12-23(13-11-22)14-18-6-8-20(26)9-7-18/h2-9,26H,10-16H2,1H3. The molecular formula is C22H26N2O3. The Hall–Kier alpha value is -2.53. The van der Waals surface area contributed by atoms with Gasteiger partial charge < -0.3 is 14.7 Å². The summed E-state index contributed by atoms with van der Waals surface area (Å²) < 4.78 is 6.53. The number of carbonyl (C=O) groups excluding carboxylic acids is 1. The number of piperidine rings is 1. The molecule has 0 atom stereocenters. The van der Waals surface area contributed by atoms with Crippen LogP contribution in [0.2, 0.25) is 0 Å². The van der Waals surface area contributed by atoms with E-state index in [-0.39, 0.29) is 11.5 Å². The zero-order valence-electron chi connectivity index (χ0n) is 15.7. The van der Waals surface area contributed by atoms with Gasteiger partial charge in [-0.1, -0.05) is 30.3 Å². The molecule has 0 aromatic heterocycles. The molecular weight excluding hydrogens is 340 g/mol. The molecule has 1 spiro atoms. The van der Waals surface area contributed by atoms with Crippen LogP contribution in [0.1, 0.15) is 30.9 Å². The highest BCUT2D eigenvalue weighted by molar-refractivity contribution is 5.73. The number of carbonyl (C=O) groups is 1. The molecule has 2 aromatic rings. The summed E-state index contributed by atoms with van der Waals surface area (Å²) in [6.45, 7) is 5.61. The summed E-state index contributed by atoms with van der Waals surface area (Å²) in [6, 6.07) is 15.5. The van der Waals surface area contributed by atoms with Crippen molar-refractivity contribution in [2.75, 3.05) is 19.6 Å². The van der Waals surface area contributed by atoms with Crippen LogP contribution in [-0.4, -0.2) is 46.0 Å². The maximum atomic E-state index is 12.2. The minimum Gasteiger partial charge on any atom is -0.508 e. The number of para-hydroxylation sites is 1. The van der Waals surface area contributed by atoms with Crippen LogP contribution in [-0.2, 0) is 17.9 Å². The lowest BCUT2D eigenvalue weighted by atomic mass is 9.90. The van der Waals surface area contributed by atoms with Crippen molar-refractivity contribution in [3.8, 4) is 11.5 Å². The van der Waals surface area contributed by atoms with Gasteiger partial charge in [-0.05, 0) is 23.8 Å². The fourth-order valence-electron chi connectivity index (χ4n) is 4.07. The zero-order valence-corrected chi connectivity index (χ0v) is 15.7. The van der Waals surface area contributed by atoms with E-state index in [2.05, 4.69) is 4.90 Å². The number of amides is 1. The van der Waals surface area contributed by atoms with Crippen LogP contribution in [0.3, 0.4) is 0 Å². The van der Waals surface area contributed by atoms with E-state index in [0.717, 1.165) is 43.8 Å². The van der Waals surface area contributed by atoms with Crippen LogP contribution in [0.5, 0.6) is 11.5 Å². The molecule has 0 radical (unpaired) electrons. The third kappa shape index (κ3) is 3.93. The summed E-state index contributed by atoms with van der Waals surface area (Å²) in [5.74, 6) is 1.31. The summed E-state index contributed by atoms with van der Waals surface area (Å²) in [5, 5.41) is 9.44. The van der Waals surface area contributed by atoms with Gasteiger partial charge in [0.1, 0.15) is 17.1 Å². The predicted molar refractivity (Wildman–Crippen MR) is 104 cm³/mol. The molecule has 0 aliphatic carbocycles. The van der Waals surface area contributed by atoms with Gasteiger partial charge in [0, 0.05) is 51.5 Å². The summed E-state index contributed by atoms with van der Waals surface area (Å²) >= 11 is 0. The Morgan fingerprint density at radius 2 is 1.81 bits per heavy atom. The number of aromatic hydroxyl groups is 1. The lowest BCUT2D eigenvalue weighted by Gasteiger charge is -2.42. The molecule has 1 fully saturated rings. The van der Waals surface area contributed by atoms with Crippen LogP contribution < -0.4 is 4.74 Å². The van der Waals surface area contributed by atoms with E-state index in [9.17, 15) is 9.90 Å². The van der Waals surface area contributed by atoms with Gasteiger partial charge in [-0.15, -0.1) is 0 Å². The van der Waals surface area contributed by atoms with Crippen molar-refractivity contribution >= 4 is 5.91 Å². The topological polar surface area (TPSA) is 53.0 Å². The van der Waals surface area contributed by atoms with Gasteiger partial charge in [-0.25, -0.2) is 0 Å². The summed E-state index contributed by atoms with van der Waals surface area (Å²) in [7, 11) is 0. The first-order valence-electron chi connectivity index (χ1n) is 9.56. The second-order valence-corrected chi connectivity index (χ2v) is 7.71. The molecule has 0 bridgehead atoms. The number of nitrogens with zero attached hydrogens (tertiary/aromatic N) is 2. The van der Waals surface area contributed by atoms with Crippen LogP contribution in [0.15, 0.2) is 48.5 Å². The molecule has 0 unspecified atom stereocenters. The Morgan fingerprint density at radius 1 is 1.11 bits per heavy atom. The average Bonchev–Trinajstić information content (AvgIpc) is 2.82. The van der Waals surface area contributed by atoms with Crippen LogP contribution in [0.25, 0.3) is 0 Å². The van der Waals surface area contributed by atoms with Gasteiger partial charge in [-0.2, -0.15) is 0 Å². The van der Waals surface area contributed by atoms with Gasteiger partial charge in [-0.3, -0.25) is 9.69 Å². The van der Waals surface area contributed by atoms with Crippen molar-refractivity contribution in [3.05, 3.63) is 59.7 Å². The van der Waals surface area contributed by atoms with Crippen LogP contribution in [0.4, 0.5) is 0 Å². The minimum absolute atomic E-state index is 0.0983. The van der Waals surface area contributed by atoms with Crippen molar-refractivity contribution in [3.63, 3.8) is 0 Å². The normalized spacial score (nSPS) is 19.2. The van der Waals surface area contributed by atoms with Crippen molar-refractivity contribution in [1.82, 2.24) is 9.80 Å². The maximum absolute atomic E-state index is 12.2. The number of hydrogen-bond donors (Lipinski definition) is 1. The van der Waals surface area contributed by atoms with E-state index in [1.807, 2.05) is 41.3 Å². The maximum Gasteiger partial charge on any atom is 0.219 e. The molecule has 142 valence electrons. The molecule has 0 saturated carbocycles. The fraction of sp³-hybridized carbons (Fsp3) is 0.409. The number of phenols is 1. The van der Waals surface area contributed by atoms with E-state index in [0.29, 0.717) is 18.8 Å². The molecule has 2 heterocycles. The third-order valence-electron chi connectivity index (χ3n) is 5.69. The molecule has 5 heteroatoms. The Kier molecular flexibility index (Phi) is 4.79. The van der Waals surface area contributed by atoms with E-state index < -0.39 is 0 Å². The van der Waals surface area contributed by atoms with Gasteiger partial charge in [0.2, 0.25) is 5.91 Å². The van der Waals surface area contributed by atoms with E-state index in [4.69, 9.17) is 4.74 Å². The first kappa shape index (κ1) is 17.9. The molecule has 2 aliphatic heterocycles.